The lowest BCUT2D eigenvalue weighted by atomic mass is 10.1. The minimum atomic E-state index is -0.468. The highest BCUT2D eigenvalue weighted by atomic mass is 79.9. The fraction of sp³-hybridized carbons (Fsp3) is 0.316. The monoisotopic (exact) mass is 421 g/mol. The van der Waals surface area contributed by atoms with E-state index in [1.54, 1.807) is 7.11 Å². The predicted octanol–water partition coefficient (Wildman–Crippen LogP) is 5.04. The number of allylic oxidation sites excluding steroid dienone is 1. The number of nitrogens with zero attached hydrogens (tertiary/aromatic N) is 1. The van der Waals surface area contributed by atoms with Crippen molar-refractivity contribution in [1.82, 2.24) is 4.98 Å². The van der Waals surface area contributed by atoms with E-state index in [1.165, 1.54) is 16.7 Å². The smallest absolute Gasteiger partial charge is 0.222 e. The third-order valence-electron chi connectivity index (χ3n) is 4.49. The van der Waals surface area contributed by atoms with Crippen LogP contribution in [-0.2, 0) is 15.9 Å². The number of pyridine rings is 1. The summed E-state index contributed by atoms with van der Waals surface area (Å²) in [5.41, 5.74) is 5.23. The van der Waals surface area contributed by atoms with E-state index in [9.17, 15) is 0 Å². The Morgan fingerprint density at radius 1 is 1.28 bits per heavy atom. The molecule has 2 aliphatic rings. The number of rotatable bonds is 3. The second-order valence-corrected chi connectivity index (χ2v) is 7.22. The molecule has 2 aromatic rings. The fourth-order valence-electron chi connectivity index (χ4n) is 3.29. The molecule has 0 spiro atoms. The van der Waals surface area contributed by atoms with Gasteiger partial charge in [0.15, 0.2) is 6.29 Å². The van der Waals surface area contributed by atoms with E-state index in [-0.39, 0.29) is 0 Å². The lowest BCUT2D eigenvalue weighted by Gasteiger charge is -2.14. The van der Waals surface area contributed by atoms with Gasteiger partial charge in [-0.3, -0.25) is 0 Å². The van der Waals surface area contributed by atoms with Crippen LogP contribution in [0.2, 0.25) is 5.02 Å². The van der Waals surface area contributed by atoms with Crippen LogP contribution in [0, 0.1) is 0 Å². The average molecular weight is 423 g/mol. The van der Waals surface area contributed by atoms with E-state index in [4.69, 9.17) is 25.8 Å². The fourth-order valence-corrected chi connectivity index (χ4v) is 4.07. The summed E-state index contributed by atoms with van der Waals surface area (Å²) >= 11 is 10.1. The number of ether oxygens (including phenoxy) is 3. The standard InChI is InChI=1S/C19H17BrClNO3/c1-23-18-14(19-24-7-8-25-19)10-16(21)17(22-18)9-11-5-6-13-12(11)3-2-4-15(13)20/h2-4,9-10,19H,5-8H2,1H3. The van der Waals surface area contributed by atoms with Gasteiger partial charge in [0.1, 0.15) is 0 Å². The van der Waals surface area contributed by atoms with Gasteiger partial charge >= 0.3 is 0 Å². The molecule has 1 saturated heterocycles. The van der Waals surface area contributed by atoms with Gasteiger partial charge in [-0.2, -0.15) is 0 Å². The Morgan fingerprint density at radius 3 is 2.84 bits per heavy atom. The first-order valence-corrected chi connectivity index (χ1v) is 9.30. The van der Waals surface area contributed by atoms with Crippen LogP contribution in [0.25, 0.3) is 11.6 Å². The first-order valence-electron chi connectivity index (χ1n) is 8.13. The van der Waals surface area contributed by atoms with Crippen molar-refractivity contribution < 1.29 is 14.2 Å². The van der Waals surface area contributed by atoms with Gasteiger partial charge in [0, 0.05) is 4.47 Å². The Balaban J connectivity index is 1.74. The molecule has 1 aromatic carbocycles. The highest BCUT2D eigenvalue weighted by Gasteiger charge is 2.25. The van der Waals surface area contributed by atoms with Gasteiger partial charge in [-0.25, -0.2) is 4.98 Å². The number of halogens is 2. The van der Waals surface area contributed by atoms with Gasteiger partial charge in [0.2, 0.25) is 5.88 Å². The second kappa shape index (κ2) is 7.08. The van der Waals surface area contributed by atoms with Crippen molar-refractivity contribution in [1.29, 1.82) is 0 Å². The molecule has 130 valence electrons. The van der Waals surface area contributed by atoms with Gasteiger partial charge in [0.25, 0.3) is 0 Å². The van der Waals surface area contributed by atoms with Crippen LogP contribution >= 0.6 is 27.5 Å². The van der Waals surface area contributed by atoms with Crippen molar-refractivity contribution in [2.24, 2.45) is 0 Å². The van der Waals surface area contributed by atoms with E-state index < -0.39 is 6.29 Å². The summed E-state index contributed by atoms with van der Waals surface area (Å²) in [5, 5.41) is 0.561. The number of benzene rings is 1. The molecule has 1 fully saturated rings. The van der Waals surface area contributed by atoms with E-state index in [0.29, 0.717) is 29.8 Å². The molecule has 0 radical (unpaired) electrons. The molecule has 4 nitrogen and oxygen atoms in total. The largest absolute Gasteiger partial charge is 0.481 e. The van der Waals surface area contributed by atoms with Gasteiger partial charge < -0.3 is 14.2 Å². The van der Waals surface area contributed by atoms with Gasteiger partial charge in [-0.1, -0.05) is 39.7 Å². The van der Waals surface area contributed by atoms with Crippen molar-refractivity contribution in [3.63, 3.8) is 0 Å². The Labute approximate surface area is 159 Å². The molecule has 0 saturated carbocycles. The zero-order valence-electron chi connectivity index (χ0n) is 13.7. The van der Waals surface area contributed by atoms with Crippen LogP contribution < -0.4 is 4.74 Å². The van der Waals surface area contributed by atoms with Gasteiger partial charge in [-0.15, -0.1) is 0 Å². The highest BCUT2D eigenvalue weighted by molar-refractivity contribution is 9.10. The van der Waals surface area contributed by atoms with Crippen LogP contribution in [0.15, 0.2) is 28.7 Å². The molecule has 0 atom stereocenters. The lowest BCUT2D eigenvalue weighted by Crippen LogP contribution is -2.04. The highest BCUT2D eigenvalue weighted by Crippen LogP contribution is 2.39. The van der Waals surface area contributed by atoms with Crippen molar-refractivity contribution in [2.75, 3.05) is 20.3 Å². The summed E-state index contributed by atoms with van der Waals surface area (Å²) in [7, 11) is 1.59. The number of hydrogen-bond donors (Lipinski definition) is 0. The normalized spacial score (nSPS) is 18.8. The molecule has 4 rings (SSSR count). The minimum Gasteiger partial charge on any atom is -0.481 e. The van der Waals surface area contributed by atoms with Gasteiger partial charge in [0.05, 0.1) is 36.6 Å². The topological polar surface area (TPSA) is 40.6 Å². The second-order valence-electron chi connectivity index (χ2n) is 5.96. The van der Waals surface area contributed by atoms with Crippen molar-refractivity contribution >= 4 is 39.2 Å². The Kier molecular flexibility index (Phi) is 4.82. The summed E-state index contributed by atoms with van der Waals surface area (Å²) in [4.78, 5) is 4.59. The number of aromatic nitrogens is 1. The van der Waals surface area contributed by atoms with Crippen LogP contribution in [0.1, 0.15) is 35.1 Å². The SMILES string of the molecule is COc1nc(C=C2CCc3c(Br)cccc32)c(Cl)cc1C1OCCO1. The van der Waals surface area contributed by atoms with E-state index in [1.807, 2.05) is 12.1 Å². The predicted molar refractivity (Wildman–Crippen MR) is 101 cm³/mol. The Bertz CT molecular complexity index is 847. The molecule has 0 unspecified atom stereocenters. The Morgan fingerprint density at radius 2 is 2.08 bits per heavy atom. The molecule has 0 bridgehead atoms. The first kappa shape index (κ1) is 17.0. The maximum atomic E-state index is 6.49. The Hall–Kier alpha value is -1.40. The lowest BCUT2D eigenvalue weighted by molar-refractivity contribution is -0.0458. The zero-order chi connectivity index (χ0) is 17.4. The first-order chi connectivity index (χ1) is 12.2. The molecule has 1 aliphatic heterocycles. The third-order valence-corrected chi connectivity index (χ3v) is 5.53. The molecule has 2 heterocycles. The average Bonchev–Trinajstić information content (AvgIpc) is 3.27. The maximum Gasteiger partial charge on any atom is 0.222 e. The minimum absolute atomic E-state index is 0.468. The number of fused-ring (bicyclic) bond motifs is 1. The summed E-state index contributed by atoms with van der Waals surface area (Å²) in [6.45, 7) is 1.12. The molecule has 1 aliphatic carbocycles. The molecule has 0 amide bonds. The van der Waals surface area contributed by atoms with Crippen molar-refractivity contribution in [2.45, 2.75) is 19.1 Å². The van der Waals surface area contributed by atoms with Crippen molar-refractivity contribution in [3.8, 4) is 5.88 Å². The van der Waals surface area contributed by atoms with Gasteiger partial charge in [-0.05, 0) is 47.8 Å². The molecular formula is C19H17BrClNO3. The van der Waals surface area contributed by atoms with Crippen LogP contribution in [0.5, 0.6) is 5.88 Å². The summed E-state index contributed by atoms with van der Waals surface area (Å²) in [5.74, 6) is 0.482. The van der Waals surface area contributed by atoms with Crippen LogP contribution in [0.3, 0.4) is 0 Å². The van der Waals surface area contributed by atoms with Crippen molar-refractivity contribution in [3.05, 3.63) is 56.1 Å². The molecule has 1 aromatic heterocycles. The summed E-state index contributed by atoms with van der Waals surface area (Å²) in [6, 6.07) is 8.09. The van der Waals surface area contributed by atoms with E-state index >= 15 is 0 Å². The number of hydrogen-bond acceptors (Lipinski definition) is 4. The molecule has 0 N–H and O–H groups in total. The van der Waals surface area contributed by atoms with E-state index in [2.05, 4.69) is 39.1 Å². The molecular weight excluding hydrogens is 406 g/mol. The quantitative estimate of drug-likeness (QED) is 0.695. The zero-order valence-corrected chi connectivity index (χ0v) is 16.1. The molecule has 6 heteroatoms. The third kappa shape index (κ3) is 3.22. The number of methoxy groups -OCH3 is 1. The van der Waals surface area contributed by atoms with Crippen LogP contribution in [-0.4, -0.2) is 25.3 Å². The molecule has 25 heavy (non-hydrogen) atoms. The summed E-state index contributed by atoms with van der Waals surface area (Å²) < 4.78 is 17.7. The maximum absolute atomic E-state index is 6.49. The van der Waals surface area contributed by atoms with Crippen LogP contribution in [0.4, 0.5) is 0 Å². The van der Waals surface area contributed by atoms with E-state index in [0.717, 1.165) is 22.9 Å². The summed E-state index contributed by atoms with van der Waals surface area (Å²) in [6.07, 6.45) is 3.56.